The van der Waals surface area contributed by atoms with E-state index in [1.165, 1.54) is 18.2 Å². The first-order chi connectivity index (χ1) is 7.19. The zero-order valence-electron chi connectivity index (χ0n) is 7.56. The smallest absolute Gasteiger partial charge is 0.124 e. The van der Waals surface area contributed by atoms with Crippen molar-refractivity contribution in [1.82, 2.24) is 0 Å². The monoisotopic (exact) mass is 268 g/mol. The fourth-order valence-corrected chi connectivity index (χ4v) is 1.74. The lowest BCUT2D eigenvalue weighted by atomic mass is 10.0. The SMILES string of the molecule is N#C[C@H](CN=[N+]=[N-])c1ccc(F)cc1Br. The molecule has 6 heteroatoms. The molecule has 0 saturated heterocycles. The Hall–Kier alpha value is -1.57. The number of azide groups is 1. The van der Waals surface area contributed by atoms with Crippen molar-refractivity contribution in [2.75, 3.05) is 6.54 Å². The largest absolute Gasteiger partial charge is 0.207 e. The number of hydrogen-bond donors (Lipinski definition) is 0. The minimum Gasteiger partial charge on any atom is -0.207 e. The minimum atomic E-state index is -0.559. The van der Waals surface area contributed by atoms with Crippen LogP contribution in [0.15, 0.2) is 27.8 Å². The fourth-order valence-electron chi connectivity index (χ4n) is 1.11. The molecule has 0 spiro atoms. The van der Waals surface area contributed by atoms with Crippen molar-refractivity contribution in [2.45, 2.75) is 5.92 Å². The van der Waals surface area contributed by atoms with Crippen molar-refractivity contribution in [3.63, 3.8) is 0 Å². The lowest BCUT2D eigenvalue weighted by molar-refractivity contribution is 0.625. The van der Waals surface area contributed by atoms with Crippen LogP contribution in [0.25, 0.3) is 10.4 Å². The molecule has 4 nitrogen and oxygen atoms in total. The Kier molecular flexibility index (Phi) is 4.10. The average Bonchev–Trinajstić information content (AvgIpc) is 2.21. The van der Waals surface area contributed by atoms with Crippen molar-refractivity contribution in [1.29, 1.82) is 5.26 Å². The zero-order chi connectivity index (χ0) is 11.3. The number of benzene rings is 1. The number of halogens is 2. The highest BCUT2D eigenvalue weighted by atomic mass is 79.9. The van der Waals surface area contributed by atoms with Gasteiger partial charge in [0.05, 0.1) is 12.0 Å². The maximum atomic E-state index is 12.8. The van der Waals surface area contributed by atoms with E-state index in [-0.39, 0.29) is 12.4 Å². The van der Waals surface area contributed by atoms with Crippen LogP contribution in [-0.2, 0) is 0 Å². The molecule has 0 N–H and O–H groups in total. The van der Waals surface area contributed by atoms with Crippen molar-refractivity contribution in [2.24, 2.45) is 5.11 Å². The van der Waals surface area contributed by atoms with E-state index in [0.717, 1.165) is 0 Å². The van der Waals surface area contributed by atoms with Gasteiger partial charge in [-0.25, -0.2) is 4.39 Å². The third-order valence-corrected chi connectivity index (χ3v) is 2.51. The molecule has 0 saturated carbocycles. The van der Waals surface area contributed by atoms with Gasteiger partial charge in [0.1, 0.15) is 5.82 Å². The molecule has 0 unspecified atom stereocenters. The Bertz CT molecular complexity index is 448. The Balaban J connectivity index is 3.02. The van der Waals surface area contributed by atoms with Gasteiger partial charge < -0.3 is 0 Å². The number of nitrogens with zero attached hydrogens (tertiary/aromatic N) is 4. The maximum absolute atomic E-state index is 12.8. The second-order valence-electron chi connectivity index (χ2n) is 2.76. The van der Waals surface area contributed by atoms with E-state index in [4.69, 9.17) is 10.8 Å². The Morgan fingerprint density at radius 2 is 2.40 bits per heavy atom. The van der Waals surface area contributed by atoms with Gasteiger partial charge in [0, 0.05) is 15.9 Å². The molecule has 0 aliphatic heterocycles. The van der Waals surface area contributed by atoms with E-state index in [9.17, 15) is 4.39 Å². The molecule has 76 valence electrons. The third-order valence-electron chi connectivity index (χ3n) is 1.82. The number of nitriles is 1. The van der Waals surface area contributed by atoms with Gasteiger partial charge in [0.25, 0.3) is 0 Å². The molecule has 1 aromatic rings. The Morgan fingerprint density at radius 1 is 1.67 bits per heavy atom. The van der Waals surface area contributed by atoms with Gasteiger partial charge in [-0.05, 0) is 23.2 Å². The molecular weight excluding hydrogens is 263 g/mol. The molecule has 0 aliphatic rings. The molecule has 0 amide bonds. The van der Waals surface area contributed by atoms with Crippen LogP contribution >= 0.6 is 15.9 Å². The highest BCUT2D eigenvalue weighted by Gasteiger charge is 2.13. The number of hydrogen-bond acceptors (Lipinski definition) is 2. The van der Waals surface area contributed by atoms with Gasteiger partial charge in [-0.1, -0.05) is 27.1 Å². The van der Waals surface area contributed by atoms with Crippen molar-refractivity contribution in [3.05, 3.63) is 44.5 Å². The molecule has 0 bridgehead atoms. The highest BCUT2D eigenvalue weighted by Crippen LogP contribution is 2.25. The molecule has 1 aromatic carbocycles. The van der Waals surface area contributed by atoms with Crippen molar-refractivity contribution >= 4 is 15.9 Å². The van der Waals surface area contributed by atoms with Crippen molar-refractivity contribution < 1.29 is 4.39 Å². The summed E-state index contributed by atoms with van der Waals surface area (Å²) in [7, 11) is 0. The molecule has 0 fully saturated rings. The first-order valence-electron chi connectivity index (χ1n) is 4.04. The topological polar surface area (TPSA) is 72.5 Å². The van der Waals surface area contributed by atoms with Gasteiger partial charge in [0.15, 0.2) is 0 Å². The summed E-state index contributed by atoms with van der Waals surface area (Å²) in [6.07, 6.45) is 0. The van der Waals surface area contributed by atoms with Crippen LogP contribution < -0.4 is 0 Å². The average molecular weight is 269 g/mol. The van der Waals surface area contributed by atoms with Crippen LogP contribution in [0.1, 0.15) is 11.5 Å². The van der Waals surface area contributed by atoms with Gasteiger partial charge in [-0.2, -0.15) is 5.26 Å². The van der Waals surface area contributed by atoms with Gasteiger partial charge in [-0.15, -0.1) is 0 Å². The predicted molar refractivity (Wildman–Crippen MR) is 56.5 cm³/mol. The summed E-state index contributed by atoms with van der Waals surface area (Å²) in [6, 6.07) is 6.03. The Labute approximate surface area is 94.1 Å². The van der Waals surface area contributed by atoms with Crippen LogP contribution in [-0.4, -0.2) is 6.54 Å². The number of rotatable bonds is 3. The standard InChI is InChI=1S/C9H6BrFN4/c10-9-3-7(11)1-2-8(9)6(4-12)5-14-15-13/h1-3,6H,5H2/t6-/m1/s1. The fraction of sp³-hybridized carbons (Fsp3) is 0.222. The van der Waals surface area contributed by atoms with E-state index in [1.807, 2.05) is 6.07 Å². The molecule has 0 aromatic heterocycles. The maximum Gasteiger partial charge on any atom is 0.124 e. The molecule has 1 rings (SSSR count). The van der Waals surface area contributed by atoms with E-state index < -0.39 is 5.92 Å². The van der Waals surface area contributed by atoms with Crippen LogP contribution in [0.3, 0.4) is 0 Å². The lowest BCUT2D eigenvalue weighted by Crippen LogP contribution is -2.00. The lowest BCUT2D eigenvalue weighted by Gasteiger charge is -2.08. The molecule has 15 heavy (non-hydrogen) atoms. The zero-order valence-corrected chi connectivity index (χ0v) is 9.15. The van der Waals surface area contributed by atoms with E-state index in [0.29, 0.717) is 10.0 Å². The quantitative estimate of drug-likeness (QED) is 0.470. The molecule has 0 aliphatic carbocycles. The van der Waals surface area contributed by atoms with E-state index in [2.05, 4.69) is 26.0 Å². The first kappa shape index (κ1) is 11.5. The summed E-state index contributed by atoms with van der Waals surface area (Å²) in [6.45, 7) is 0.0389. The second-order valence-corrected chi connectivity index (χ2v) is 3.62. The third kappa shape index (κ3) is 2.94. The van der Waals surface area contributed by atoms with E-state index >= 15 is 0 Å². The predicted octanol–water partition coefficient (Wildman–Crippen LogP) is 3.51. The molecule has 0 heterocycles. The Morgan fingerprint density at radius 3 is 2.93 bits per heavy atom. The molecule has 0 radical (unpaired) electrons. The highest BCUT2D eigenvalue weighted by molar-refractivity contribution is 9.10. The van der Waals surface area contributed by atoms with Gasteiger partial charge in [0.2, 0.25) is 0 Å². The van der Waals surface area contributed by atoms with Crippen LogP contribution in [0.4, 0.5) is 4.39 Å². The molecule has 1 atom stereocenters. The van der Waals surface area contributed by atoms with Crippen molar-refractivity contribution in [3.8, 4) is 6.07 Å². The summed E-state index contributed by atoms with van der Waals surface area (Å²) in [4.78, 5) is 2.58. The summed E-state index contributed by atoms with van der Waals surface area (Å²) >= 11 is 3.15. The summed E-state index contributed by atoms with van der Waals surface area (Å²) in [5.41, 5.74) is 8.77. The molecular formula is C9H6BrFN4. The second kappa shape index (κ2) is 5.35. The van der Waals surface area contributed by atoms with Gasteiger partial charge >= 0.3 is 0 Å². The first-order valence-corrected chi connectivity index (χ1v) is 4.83. The summed E-state index contributed by atoms with van der Waals surface area (Å²) in [5, 5.41) is 12.2. The normalized spacial score (nSPS) is 11.3. The van der Waals surface area contributed by atoms with Crippen LogP contribution in [0, 0.1) is 17.1 Å². The van der Waals surface area contributed by atoms with E-state index in [1.54, 1.807) is 0 Å². The summed E-state index contributed by atoms with van der Waals surface area (Å²) in [5.74, 6) is -0.943. The summed E-state index contributed by atoms with van der Waals surface area (Å²) < 4.78 is 13.3. The minimum absolute atomic E-state index is 0.0389. The van der Waals surface area contributed by atoms with Crippen LogP contribution in [0.5, 0.6) is 0 Å². The van der Waals surface area contributed by atoms with Crippen LogP contribution in [0.2, 0.25) is 0 Å². The van der Waals surface area contributed by atoms with Gasteiger partial charge in [-0.3, -0.25) is 0 Å².